The Labute approximate surface area is 150 Å². The molecule has 0 unspecified atom stereocenters. The fraction of sp³-hybridized carbons (Fsp3) is 0.895. The summed E-state index contributed by atoms with van der Waals surface area (Å²) in [6, 6.07) is 0. The maximum absolute atomic E-state index is 11.2. The molecule has 0 heterocycles. The van der Waals surface area contributed by atoms with Crippen molar-refractivity contribution in [1.82, 2.24) is 0 Å². The van der Waals surface area contributed by atoms with E-state index in [1.165, 1.54) is 7.11 Å². The number of carbonyl (C=O) groups excluding carboxylic acids is 1. The number of hydrogen-bond donors (Lipinski definition) is 3. The number of carbonyl (C=O) groups is 2. The van der Waals surface area contributed by atoms with Crippen molar-refractivity contribution in [3.05, 3.63) is 0 Å². The lowest BCUT2D eigenvalue weighted by atomic mass is 9.80. The van der Waals surface area contributed by atoms with Crippen LogP contribution in [0.2, 0.25) is 0 Å². The second-order valence-electron chi connectivity index (χ2n) is 7.58. The lowest BCUT2D eigenvalue weighted by molar-refractivity contribution is -0.147. The number of hydrogen-bond acceptors (Lipinski definition) is 5. The maximum Gasteiger partial charge on any atom is 0.308 e. The van der Waals surface area contributed by atoms with Gasteiger partial charge in [-0.3, -0.25) is 9.59 Å². The second kappa shape index (κ2) is 10.8. The van der Waals surface area contributed by atoms with Gasteiger partial charge < -0.3 is 20.1 Å². The molecule has 0 aromatic heterocycles. The Bertz CT molecular complexity index is 408. The first-order chi connectivity index (χ1) is 11.8. The normalized spacial score (nSPS) is 31.9. The van der Waals surface area contributed by atoms with Crippen molar-refractivity contribution in [2.75, 3.05) is 7.11 Å². The number of carboxylic acid groups (broad SMARTS) is 1. The van der Waals surface area contributed by atoms with E-state index < -0.39 is 5.97 Å². The van der Waals surface area contributed by atoms with Gasteiger partial charge in [-0.25, -0.2) is 0 Å². The van der Waals surface area contributed by atoms with Crippen LogP contribution in [0.3, 0.4) is 0 Å². The van der Waals surface area contributed by atoms with E-state index in [9.17, 15) is 19.8 Å². The topological polar surface area (TPSA) is 104 Å². The molecule has 0 aromatic carbocycles. The van der Waals surface area contributed by atoms with E-state index in [-0.39, 0.29) is 35.9 Å². The van der Waals surface area contributed by atoms with Crippen LogP contribution in [0.4, 0.5) is 0 Å². The van der Waals surface area contributed by atoms with Gasteiger partial charge in [0.2, 0.25) is 0 Å². The molecule has 0 aliphatic heterocycles. The first kappa shape index (κ1) is 21.9. The second-order valence-corrected chi connectivity index (χ2v) is 7.58. The Kier molecular flexibility index (Phi) is 9.43. The van der Waals surface area contributed by atoms with E-state index in [0.717, 1.165) is 51.4 Å². The molecular formula is C19H34O6. The molecule has 0 aromatic rings. The van der Waals surface area contributed by atoms with E-state index in [0.29, 0.717) is 5.92 Å². The zero-order valence-corrected chi connectivity index (χ0v) is 15.7. The van der Waals surface area contributed by atoms with Gasteiger partial charge in [0.25, 0.3) is 0 Å². The SMILES string of the molecule is COC(=O)[C@@H](C)C1CCC(O)CC1.C[C@H](C(=O)O)C1CCC(O)CC1. The summed E-state index contributed by atoms with van der Waals surface area (Å²) in [5, 5.41) is 27.2. The molecule has 6 heteroatoms. The smallest absolute Gasteiger partial charge is 0.308 e. The molecule has 0 amide bonds. The van der Waals surface area contributed by atoms with E-state index in [2.05, 4.69) is 0 Å². The molecule has 0 spiro atoms. The summed E-state index contributed by atoms with van der Waals surface area (Å²) >= 11 is 0. The average molecular weight is 358 g/mol. The summed E-state index contributed by atoms with van der Waals surface area (Å²) < 4.78 is 4.69. The molecule has 3 N–H and O–H groups in total. The lowest BCUT2D eigenvalue weighted by Gasteiger charge is -2.28. The molecule has 2 fully saturated rings. The fourth-order valence-corrected chi connectivity index (χ4v) is 3.78. The Morgan fingerprint density at radius 1 is 0.800 bits per heavy atom. The minimum atomic E-state index is -0.712. The van der Waals surface area contributed by atoms with Gasteiger partial charge >= 0.3 is 11.9 Å². The molecule has 2 aliphatic carbocycles. The van der Waals surface area contributed by atoms with Crippen LogP contribution in [0.25, 0.3) is 0 Å². The minimum absolute atomic E-state index is 0.0162. The molecule has 146 valence electrons. The summed E-state index contributed by atoms with van der Waals surface area (Å²) in [4.78, 5) is 21.8. The Balaban J connectivity index is 0.000000251. The highest BCUT2D eigenvalue weighted by molar-refractivity contribution is 5.72. The lowest BCUT2D eigenvalue weighted by Crippen LogP contribution is -2.27. The van der Waals surface area contributed by atoms with Crippen molar-refractivity contribution in [1.29, 1.82) is 0 Å². The zero-order valence-electron chi connectivity index (χ0n) is 15.7. The number of ether oxygens (including phenoxy) is 1. The molecule has 2 atom stereocenters. The summed E-state index contributed by atoms with van der Waals surface area (Å²) in [6.07, 6.45) is 6.43. The monoisotopic (exact) mass is 358 g/mol. The molecule has 2 saturated carbocycles. The zero-order chi connectivity index (χ0) is 19.0. The summed E-state index contributed by atoms with van der Waals surface area (Å²) in [6.45, 7) is 3.67. The molecule has 0 radical (unpaired) electrons. The average Bonchev–Trinajstić information content (AvgIpc) is 2.61. The van der Waals surface area contributed by atoms with Gasteiger partial charge in [0.05, 0.1) is 31.2 Å². The van der Waals surface area contributed by atoms with Crippen molar-refractivity contribution in [3.63, 3.8) is 0 Å². The predicted octanol–water partition coefficient (Wildman–Crippen LogP) is 2.60. The van der Waals surface area contributed by atoms with Crippen LogP contribution in [0.15, 0.2) is 0 Å². The van der Waals surface area contributed by atoms with Crippen LogP contribution in [0, 0.1) is 23.7 Å². The fourth-order valence-electron chi connectivity index (χ4n) is 3.78. The van der Waals surface area contributed by atoms with Gasteiger partial charge in [0, 0.05) is 0 Å². The van der Waals surface area contributed by atoms with Gasteiger partial charge in [0.1, 0.15) is 0 Å². The molecular weight excluding hydrogens is 324 g/mol. The van der Waals surface area contributed by atoms with Gasteiger partial charge in [0.15, 0.2) is 0 Å². The van der Waals surface area contributed by atoms with Gasteiger partial charge in [-0.1, -0.05) is 13.8 Å². The van der Waals surface area contributed by atoms with Crippen LogP contribution in [-0.4, -0.2) is 46.6 Å². The number of methoxy groups -OCH3 is 1. The maximum atomic E-state index is 11.2. The first-order valence-electron chi connectivity index (χ1n) is 9.43. The summed E-state index contributed by atoms with van der Waals surface area (Å²) in [5.41, 5.74) is 0. The first-order valence-corrected chi connectivity index (χ1v) is 9.43. The van der Waals surface area contributed by atoms with Crippen molar-refractivity contribution in [2.24, 2.45) is 23.7 Å². The highest BCUT2D eigenvalue weighted by Gasteiger charge is 2.29. The van der Waals surface area contributed by atoms with Gasteiger partial charge in [-0.05, 0) is 63.2 Å². The van der Waals surface area contributed by atoms with E-state index in [1.807, 2.05) is 6.92 Å². The van der Waals surface area contributed by atoms with Crippen LogP contribution in [0.5, 0.6) is 0 Å². The number of esters is 1. The number of aliphatic hydroxyl groups excluding tert-OH is 2. The van der Waals surface area contributed by atoms with Crippen LogP contribution >= 0.6 is 0 Å². The van der Waals surface area contributed by atoms with Crippen molar-refractivity contribution in [3.8, 4) is 0 Å². The van der Waals surface area contributed by atoms with Crippen LogP contribution < -0.4 is 0 Å². The number of aliphatic carboxylic acids is 1. The van der Waals surface area contributed by atoms with Crippen molar-refractivity contribution in [2.45, 2.75) is 77.4 Å². The molecule has 6 nitrogen and oxygen atoms in total. The van der Waals surface area contributed by atoms with Crippen LogP contribution in [0.1, 0.15) is 65.2 Å². The standard InChI is InChI=1S/C10H18O3.C9H16O3/c1-7(10(12)13-2)8-3-5-9(11)6-4-8;1-6(9(11)12)7-2-4-8(10)5-3-7/h7-9,11H,3-6H2,1-2H3;6-8,10H,2-5H2,1H3,(H,11,12)/t7-,8?,9?;6-,7?,8?/m00/s1. The summed E-state index contributed by atoms with van der Waals surface area (Å²) in [7, 11) is 1.43. The molecule has 0 saturated heterocycles. The highest BCUT2D eigenvalue weighted by Crippen LogP contribution is 2.31. The summed E-state index contributed by atoms with van der Waals surface area (Å²) in [5.74, 6) is -0.436. The minimum Gasteiger partial charge on any atom is -0.481 e. The highest BCUT2D eigenvalue weighted by atomic mass is 16.5. The number of aliphatic hydroxyl groups is 2. The third-order valence-electron chi connectivity index (χ3n) is 5.86. The van der Waals surface area contributed by atoms with Gasteiger partial charge in [-0.15, -0.1) is 0 Å². The van der Waals surface area contributed by atoms with Crippen molar-refractivity contribution >= 4 is 11.9 Å². The third-order valence-corrected chi connectivity index (χ3v) is 5.86. The number of carboxylic acids is 1. The molecule has 0 bridgehead atoms. The quantitative estimate of drug-likeness (QED) is 0.667. The van der Waals surface area contributed by atoms with Gasteiger partial charge in [-0.2, -0.15) is 0 Å². The van der Waals surface area contributed by atoms with E-state index in [4.69, 9.17) is 9.84 Å². The largest absolute Gasteiger partial charge is 0.481 e. The Morgan fingerprint density at radius 2 is 1.16 bits per heavy atom. The molecule has 25 heavy (non-hydrogen) atoms. The third kappa shape index (κ3) is 7.32. The number of rotatable bonds is 4. The Morgan fingerprint density at radius 3 is 1.48 bits per heavy atom. The van der Waals surface area contributed by atoms with E-state index >= 15 is 0 Å². The molecule has 2 aliphatic rings. The predicted molar refractivity (Wildman–Crippen MR) is 93.9 cm³/mol. The van der Waals surface area contributed by atoms with Crippen molar-refractivity contribution < 1.29 is 29.6 Å². The van der Waals surface area contributed by atoms with E-state index in [1.54, 1.807) is 6.92 Å². The Hall–Kier alpha value is -1.14. The van der Waals surface area contributed by atoms with Crippen LogP contribution in [-0.2, 0) is 14.3 Å². The molecule has 2 rings (SSSR count).